The summed E-state index contributed by atoms with van der Waals surface area (Å²) in [7, 11) is -1.92. The second-order valence-electron chi connectivity index (χ2n) is 5.72. The van der Waals surface area contributed by atoms with Gasteiger partial charge in [0.15, 0.2) is 0 Å². The van der Waals surface area contributed by atoms with Crippen molar-refractivity contribution in [3.63, 3.8) is 0 Å². The van der Waals surface area contributed by atoms with E-state index in [4.69, 9.17) is 5.73 Å². The zero-order valence-electron chi connectivity index (χ0n) is 12.6. The van der Waals surface area contributed by atoms with Crippen molar-refractivity contribution in [3.8, 4) is 0 Å². The molecule has 1 atom stereocenters. The minimum absolute atomic E-state index is 0.204. The summed E-state index contributed by atoms with van der Waals surface area (Å²) in [6.45, 7) is 5.34. The van der Waals surface area contributed by atoms with Gasteiger partial charge in [-0.25, -0.2) is 12.8 Å². The minimum Gasteiger partial charge on any atom is -0.398 e. The molecule has 0 aliphatic carbocycles. The van der Waals surface area contributed by atoms with Gasteiger partial charge in [-0.1, -0.05) is 0 Å². The SMILES string of the molecule is Cc1cc(F)c(S(=O)(=O)N2CCCN(C)CC2C)cc1N. The van der Waals surface area contributed by atoms with Crippen molar-refractivity contribution in [2.24, 2.45) is 0 Å². The first-order chi connectivity index (χ1) is 9.73. The molecule has 0 radical (unpaired) electrons. The summed E-state index contributed by atoms with van der Waals surface area (Å²) in [5.41, 5.74) is 6.57. The van der Waals surface area contributed by atoms with Crippen molar-refractivity contribution in [3.05, 3.63) is 23.5 Å². The molecule has 1 fully saturated rings. The van der Waals surface area contributed by atoms with Crippen LogP contribution in [0.15, 0.2) is 17.0 Å². The molecule has 1 aromatic rings. The fourth-order valence-corrected chi connectivity index (χ4v) is 4.44. The molecular weight excluding hydrogens is 293 g/mol. The molecule has 21 heavy (non-hydrogen) atoms. The van der Waals surface area contributed by atoms with E-state index in [2.05, 4.69) is 4.90 Å². The van der Waals surface area contributed by atoms with E-state index >= 15 is 0 Å². The van der Waals surface area contributed by atoms with E-state index in [1.54, 1.807) is 6.92 Å². The highest BCUT2D eigenvalue weighted by Gasteiger charge is 2.33. The first-order valence-corrected chi connectivity index (χ1v) is 8.43. The van der Waals surface area contributed by atoms with Crippen molar-refractivity contribution in [2.45, 2.75) is 31.2 Å². The molecular formula is C14H22FN3O2S. The summed E-state index contributed by atoms with van der Waals surface area (Å²) in [5.74, 6) is -0.744. The van der Waals surface area contributed by atoms with Crippen molar-refractivity contribution in [1.82, 2.24) is 9.21 Å². The van der Waals surface area contributed by atoms with E-state index in [0.29, 0.717) is 18.7 Å². The van der Waals surface area contributed by atoms with E-state index in [1.807, 2.05) is 14.0 Å². The van der Waals surface area contributed by atoms with Gasteiger partial charge in [0.2, 0.25) is 10.0 Å². The van der Waals surface area contributed by atoms with Crippen molar-refractivity contribution < 1.29 is 12.8 Å². The van der Waals surface area contributed by atoms with Crippen LogP contribution >= 0.6 is 0 Å². The topological polar surface area (TPSA) is 66.6 Å². The Labute approximate surface area is 125 Å². The molecule has 0 amide bonds. The number of benzene rings is 1. The van der Waals surface area contributed by atoms with E-state index in [9.17, 15) is 12.8 Å². The van der Waals surface area contributed by atoms with E-state index < -0.39 is 15.8 Å². The van der Waals surface area contributed by atoms with E-state index in [-0.39, 0.29) is 16.6 Å². The van der Waals surface area contributed by atoms with Crippen molar-refractivity contribution in [2.75, 3.05) is 32.4 Å². The monoisotopic (exact) mass is 315 g/mol. The number of nitrogens with two attached hydrogens (primary N) is 1. The Bertz CT molecular complexity index is 633. The van der Waals surface area contributed by atoms with Crippen LogP contribution < -0.4 is 5.73 Å². The lowest BCUT2D eigenvalue weighted by Crippen LogP contribution is -2.42. The molecule has 2 rings (SSSR count). The van der Waals surface area contributed by atoms with E-state index in [1.165, 1.54) is 16.4 Å². The summed E-state index contributed by atoms with van der Waals surface area (Å²) in [5, 5.41) is 0. The lowest BCUT2D eigenvalue weighted by Gasteiger charge is -2.27. The number of hydrogen-bond donors (Lipinski definition) is 1. The maximum Gasteiger partial charge on any atom is 0.246 e. The molecule has 7 heteroatoms. The quantitative estimate of drug-likeness (QED) is 0.839. The lowest BCUT2D eigenvalue weighted by molar-refractivity contribution is 0.290. The number of rotatable bonds is 2. The third-order valence-corrected chi connectivity index (χ3v) is 5.92. The van der Waals surface area contributed by atoms with Gasteiger partial charge in [0.1, 0.15) is 10.7 Å². The van der Waals surface area contributed by atoms with Gasteiger partial charge in [-0.2, -0.15) is 4.31 Å². The first-order valence-electron chi connectivity index (χ1n) is 6.99. The van der Waals surface area contributed by atoms with Gasteiger partial charge in [0.25, 0.3) is 0 Å². The molecule has 1 aliphatic rings. The number of anilines is 1. The van der Waals surface area contributed by atoms with Crippen LogP contribution in [-0.2, 0) is 10.0 Å². The Morgan fingerprint density at radius 1 is 1.33 bits per heavy atom. The number of hydrogen-bond acceptors (Lipinski definition) is 4. The molecule has 5 nitrogen and oxygen atoms in total. The Balaban J connectivity index is 2.44. The second-order valence-corrected chi connectivity index (χ2v) is 7.58. The normalized spacial score (nSPS) is 22.2. The van der Waals surface area contributed by atoms with Crippen LogP contribution in [-0.4, -0.2) is 50.3 Å². The van der Waals surface area contributed by atoms with Gasteiger partial charge in [0.05, 0.1) is 0 Å². The molecule has 0 saturated carbocycles. The maximum absolute atomic E-state index is 14.1. The zero-order valence-corrected chi connectivity index (χ0v) is 13.5. The molecule has 1 saturated heterocycles. The molecule has 1 heterocycles. The summed E-state index contributed by atoms with van der Waals surface area (Å²) in [6, 6.07) is 2.20. The van der Waals surface area contributed by atoms with Crippen LogP contribution in [0.2, 0.25) is 0 Å². The highest BCUT2D eigenvalue weighted by atomic mass is 32.2. The van der Waals surface area contributed by atoms with Gasteiger partial charge in [0, 0.05) is 24.8 Å². The standard InChI is InChI=1S/C14H22FN3O2S/c1-10-7-12(15)14(8-13(10)16)21(19,20)18-6-4-5-17(3)9-11(18)2/h7-8,11H,4-6,9,16H2,1-3H3. The maximum atomic E-state index is 14.1. The highest BCUT2D eigenvalue weighted by Crippen LogP contribution is 2.26. The number of nitrogen functional groups attached to an aromatic ring is 1. The molecule has 0 spiro atoms. The smallest absolute Gasteiger partial charge is 0.246 e. The Hall–Kier alpha value is -1.18. The van der Waals surface area contributed by atoms with Gasteiger partial charge >= 0.3 is 0 Å². The predicted octanol–water partition coefficient (Wildman–Crippen LogP) is 1.43. The number of nitrogens with zero attached hydrogens (tertiary/aromatic N) is 2. The average molecular weight is 315 g/mol. The van der Waals surface area contributed by atoms with Crippen LogP contribution in [0, 0.1) is 12.7 Å². The fourth-order valence-electron chi connectivity index (χ4n) is 2.70. The largest absolute Gasteiger partial charge is 0.398 e. The number of aryl methyl sites for hydroxylation is 1. The zero-order chi connectivity index (χ0) is 15.8. The molecule has 2 N–H and O–H groups in total. The summed E-state index contributed by atoms with van der Waals surface area (Å²) < 4.78 is 41.0. The fraction of sp³-hybridized carbons (Fsp3) is 0.571. The molecule has 118 valence electrons. The van der Waals surface area contributed by atoms with Crippen LogP contribution in [0.25, 0.3) is 0 Å². The van der Waals surface area contributed by atoms with Gasteiger partial charge < -0.3 is 10.6 Å². The second kappa shape index (κ2) is 5.90. The van der Waals surface area contributed by atoms with E-state index in [0.717, 1.165) is 13.0 Å². The molecule has 1 aromatic carbocycles. The Morgan fingerprint density at radius 3 is 2.67 bits per heavy atom. The molecule has 0 aromatic heterocycles. The third-order valence-electron chi connectivity index (χ3n) is 3.89. The highest BCUT2D eigenvalue weighted by molar-refractivity contribution is 7.89. The Kier molecular flexibility index (Phi) is 4.55. The van der Waals surface area contributed by atoms with Crippen molar-refractivity contribution >= 4 is 15.7 Å². The summed E-state index contributed by atoms with van der Waals surface area (Å²) in [6.07, 6.45) is 0.725. The molecule has 1 unspecified atom stereocenters. The molecule has 0 bridgehead atoms. The first kappa shape index (κ1) is 16.2. The predicted molar refractivity (Wildman–Crippen MR) is 81.0 cm³/mol. The van der Waals surface area contributed by atoms with Crippen LogP contribution in [0.5, 0.6) is 0 Å². The Morgan fingerprint density at radius 2 is 2.00 bits per heavy atom. The van der Waals surface area contributed by atoms with Crippen LogP contribution in [0.4, 0.5) is 10.1 Å². The van der Waals surface area contributed by atoms with Crippen LogP contribution in [0.1, 0.15) is 18.9 Å². The van der Waals surface area contributed by atoms with Gasteiger partial charge in [-0.3, -0.25) is 0 Å². The van der Waals surface area contributed by atoms with Crippen LogP contribution in [0.3, 0.4) is 0 Å². The van der Waals surface area contributed by atoms with Gasteiger partial charge in [-0.15, -0.1) is 0 Å². The average Bonchev–Trinajstić information content (AvgIpc) is 2.54. The minimum atomic E-state index is -3.88. The number of halogens is 1. The third kappa shape index (κ3) is 3.20. The number of likely N-dealkylation sites (N-methyl/N-ethyl adjacent to an activating group) is 1. The summed E-state index contributed by atoms with van der Waals surface area (Å²) in [4.78, 5) is 1.75. The van der Waals surface area contributed by atoms with Gasteiger partial charge in [-0.05, 0) is 51.6 Å². The summed E-state index contributed by atoms with van der Waals surface area (Å²) >= 11 is 0. The lowest BCUT2D eigenvalue weighted by atomic mass is 10.2. The number of sulfonamides is 1. The van der Waals surface area contributed by atoms with Crippen molar-refractivity contribution in [1.29, 1.82) is 0 Å². The molecule has 1 aliphatic heterocycles.